The molecule has 1 unspecified atom stereocenters. The molecule has 18 heavy (non-hydrogen) atoms. The molecule has 1 aromatic rings. The molecule has 1 atom stereocenters. The first-order chi connectivity index (χ1) is 8.95. The second-order valence-corrected chi connectivity index (χ2v) is 5.45. The monoisotopic (exact) mass is 246 g/mol. The Morgan fingerprint density at radius 1 is 0.833 bits per heavy atom. The molecule has 1 heterocycles. The van der Waals surface area contributed by atoms with E-state index >= 15 is 0 Å². The molecule has 1 nitrogen and oxygen atoms in total. The number of aryl methyl sites for hydroxylation is 1. The minimum absolute atomic E-state index is 0.635. The Labute approximate surface area is 112 Å². The molecule has 0 N–H and O–H groups in total. The topological polar surface area (TPSA) is 12.5 Å². The van der Waals surface area contributed by atoms with Crippen molar-refractivity contribution in [1.82, 2.24) is 0 Å². The fourth-order valence-electron chi connectivity index (χ4n) is 2.46. The van der Waals surface area contributed by atoms with Crippen molar-refractivity contribution < 1.29 is 4.74 Å². The highest BCUT2D eigenvalue weighted by Crippen LogP contribution is 2.18. The van der Waals surface area contributed by atoms with Gasteiger partial charge >= 0.3 is 0 Å². The van der Waals surface area contributed by atoms with Gasteiger partial charge in [0.1, 0.15) is 0 Å². The van der Waals surface area contributed by atoms with Gasteiger partial charge in [0.15, 0.2) is 0 Å². The van der Waals surface area contributed by atoms with Crippen molar-refractivity contribution in [2.45, 2.75) is 63.9 Å². The first-order valence-corrected chi connectivity index (χ1v) is 7.61. The van der Waals surface area contributed by atoms with Gasteiger partial charge in [0, 0.05) is 0 Å². The van der Waals surface area contributed by atoms with Gasteiger partial charge in [-0.15, -0.1) is 0 Å². The van der Waals surface area contributed by atoms with Crippen molar-refractivity contribution in [2.24, 2.45) is 0 Å². The van der Waals surface area contributed by atoms with Crippen LogP contribution in [0.25, 0.3) is 0 Å². The van der Waals surface area contributed by atoms with Crippen molar-refractivity contribution in [1.29, 1.82) is 0 Å². The summed E-state index contributed by atoms with van der Waals surface area (Å²) in [5.41, 5.74) is 1.49. The zero-order chi connectivity index (χ0) is 12.5. The lowest BCUT2D eigenvalue weighted by atomic mass is 10.0. The van der Waals surface area contributed by atoms with Crippen molar-refractivity contribution in [2.75, 3.05) is 6.61 Å². The summed E-state index contributed by atoms with van der Waals surface area (Å²) in [6.07, 6.45) is 12.9. The maximum absolute atomic E-state index is 5.21. The van der Waals surface area contributed by atoms with Gasteiger partial charge in [0.25, 0.3) is 0 Å². The first-order valence-electron chi connectivity index (χ1n) is 7.61. The van der Waals surface area contributed by atoms with Crippen LogP contribution >= 0.6 is 0 Å². The zero-order valence-electron chi connectivity index (χ0n) is 11.4. The highest BCUT2D eigenvalue weighted by molar-refractivity contribution is 5.14. The fraction of sp³-hybridized carbons (Fsp3) is 0.647. The lowest BCUT2D eigenvalue weighted by molar-refractivity contribution is 0.387. The van der Waals surface area contributed by atoms with E-state index in [1.165, 1.54) is 63.4 Å². The molecule has 0 spiro atoms. The molecule has 1 saturated heterocycles. The molecule has 0 aliphatic carbocycles. The van der Waals surface area contributed by atoms with Crippen LogP contribution in [0.1, 0.15) is 56.9 Å². The Morgan fingerprint density at radius 2 is 1.44 bits per heavy atom. The molecule has 1 heteroatoms. The first kappa shape index (κ1) is 13.6. The van der Waals surface area contributed by atoms with Crippen molar-refractivity contribution in [3.63, 3.8) is 0 Å². The summed E-state index contributed by atoms with van der Waals surface area (Å²) in [4.78, 5) is 0. The average Bonchev–Trinajstić information content (AvgIpc) is 3.22. The fourth-order valence-corrected chi connectivity index (χ4v) is 2.46. The number of ether oxygens (including phenoxy) is 1. The number of benzene rings is 1. The quantitative estimate of drug-likeness (QED) is 0.429. The highest BCUT2D eigenvalue weighted by atomic mass is 16.6. The van der Waals surface area contributed by atoms with Gasteiger partial charge in [-0.25, -0.2) is 0 Å². The SMILES string of the molecule is c1ccc(CCCCCCCCCC2CO2)cc1. The molecule has 0 saturated carbocycles. The van der Waals surface area contributed by atoms with Crippen LogP contribution in [0.15, 0.2) is 30.3 Å². The van der Waals surface area contributed by atoms with E-state index < -0.39 is 0 Å². The maximum Gasteiger partial charge on any atom is 0.0810 e. The van der Waals surface area contributed by atoms with E-state index in [0.717, 1.165) is 6.61 Å². The second kappa shape index (κ2) is 8.31. The largest absolute Gasteiger partial charge is 0.373 e. The zero-order valence-corrected chi connectivity index (χ0v) is 11.4. The van der Waals surface area contributed by atoms with E-state index in [2.05, 4.69) is 30.3 Å². The van der Waals surface area contributed by atoms with Crippen molar-refractivity contribution >= 4 is 0 Å². The summed E-state index contributed by atoms with van der Waals surface area (Å²) >= 11 is 0. The average molecular weight is 246 g/mol. The van der Waals surface area contributed by atoms with Gasteiger partial charge in [-0.05, 0) is 24.8 Å². The maximum atomic E-state index is 5.21. The molecule has 0 amide bonds. The van der Waals surface area contributed by atoms with E-state index in [1.807, 2.05) is 0 Å². The number of epoxide rings is 1. The Hall–Kier alpha value is -0.820. The molecule has 0 aromatic heterocycles. The summed E-state index contributed by atoms with van der Waals surface area (Å²) in [5.74, 6) is 0. The van der Waals surface area contributed by atoms with Crippen molar-refractivity contribution in [3.05, 3.63) is 35.9 Å². The number of rotatable bonds is 10. The van der Waals surface area contributed by atoms with E-state index in [-0.39, 0.29) is 0 Å². The molecule has 1 fully saturated rings. The molecule has 1 aliphatic heterocycles. The van der Waals surface area contributed by atoms with E-state index in [0.29, 0.717) is 6.10 Å². The highest BCUT2D eigenvalue weighted by Gasteiger charge is 2.20. The molecule has 1 aliphatic rings. The number of hydrogen-bond acceptors (Lipinski definition) is 1. The van der Waals surface area contributed by atoms with Crippen LogP contribution in [-0.2, 0) is 11.2 Å². The predicted molar refractivity (Wildman–Crippen MR) is 76.8 cm³/mol. The Bertz CT molecular complexity index is 303. The van der Waals surface area contributed by atoms with Gasteiger partial charge in [-0.2, -0.15) is 0 Å². The van der Waals surface area contributed by atoms with Gasteiger partial charge < -0.3 is 4.74 Å². The van der Waals surface area contributed by atoms with E-state index in [4.69, 9.17) is 4.74 Å². The van der Waals surface area contributed by atoms with Crippen LogP contribution < -0.4 is 0 Å². The van der Waals surface area contributed by atoms with Gasteiger partial charge in [-0.1, -0.05) is 68.9 Å². The standard InChI is InChI=1S/C17H26O/c1(3-5-10-14-17-15-18-17)2-4-7-11-16-12-8-6-9-13-16/h6,8-9,12-13,17H,1-5,7,10-11,14-15H2. The van der Waals surface area contributed by atoms with Crippen LogP contribution in [0.4, 0.5) is 0 Å². The smallest absolute Gasteiger partial charge is 0.0810 e. The van der Waals surface area contributed by atoms with Gasteiger partial charge in [0.2, 0.25) is 0 Å². The van der Waals surface area contributed by atoms with Crippen LogP contribution in [0.5, 0.6) is 0 Å². The van der Waals surface area contributed by atoms with Gasteiger partial charge in [-0.3, -0.25) is 0 Å². The van der Waals surface area contributed by atoms with E-state index in [9.17, 15) is 0 Å². The van der Waals surface area contributed by atoms with Crippen molar-refractivity contribution in [3.8, 4) is 0 Å². The number of unbranched alkanes of at least 4 members (excludes halogenated alkanes) is 6. The summed E-state index contributed by atoms with van der Waals surface area (Å²) in [6.45, 7) is 1.03. The summed E-state index contributed by atoms with van der Waals surface area (Å²) in [6, 6.07) is 10.8. The molecule has 2 rings (SSSR count). The minimum atomic E-state index is 0.635. The second-order valence-electron chi connectivity index (χ2n) is 5.45. The summed E-state index contributed by atoms with van der Waals surface area (Å²) in [7, 11) is 0. The van der Waals surface area contributed by atoms with Gasteiger partial charge in [0.05, 0.1) is 12.7 Å². The lowest BCUT2D eigenvalue weighted by Crippen LogP contribution is -1.87. The van der Waals surface area contributed by atoms with Crippen LogP contribution in [-0.4, -0.2) is 12.7 Å². The predicted octanol–water partition coefficient (Wildman–Crippen LogP) is 4.75. The van der Waals surface area contributed by atoms with Crippen LogP contribution in [0.2, 0.25) is 0 Å². The molecular formula is C17H26O. The van der Waals surface area contributed by atoms with Crippen LogP contribution in [0, 0.1) is 0 Å². The Balaban J connectivity index is 1.35. The van der Waals surface area contributed by atoms with E-state index in [1.54, 1.807) is 0 Å². The molecule has 1 aromatic carbocycles. The molecule has 0 bridgehead atoms. The molecule has 0 radical (unpaired) electrons. The third kappa shape index (κ3) is 6.20. The molecule has 100 valence electrons. The Morgan fingerprint density at radius 3 is 2.11 bits per heavy atom. The molecular weight excluding hydrogens is 220 g/mol. The Kier molecular flexibility index (Phi) is 6.28. The third-order valence-corrected chi connectivity index (χ3v) is 3.74. The summed E-state index contributed by atoms with van der Waals surface area (Å²) in [5, 5.41) is 0. The van der Waals surface area contributed by atoms with Crippen LogP contribution in [0.3, 0.4) is 0 Å². The third-order valence-electron chi connectivity index (χ3n) is 3.74. The summed E-state index contributed by atoms with van der Waals surface area (Å²) < 4.78 is 5.21. The number of hydrogen-bond donors (Lipinski definition) is 0. The lowest BCUT2D eigenvalue weighted by Gasteiger charge is -2.02. The normalized spacial score (nSPS) is 17.9. The minimum Gasteiger partial charge on any atom is -0.373 e.